The maximum atomic E-state index is 13.3. The van der Waals surface area contributed by atoms with Crippen molar-refractivity contribution in [2.75, 3.05) is 6.26 Å². The van der Waals surface area contributed by atoms with Crippen molar-refractivity contribution >= 4 is 15.7 Å². The summed E-state index contributed by atoms with van der Waals surface area (Å²) in [6.07, 6.45) is 3.69. The molecule has 156 valence electrons. The van der Waals surface area contributed by atoms with Crippen LogP contribution >= 0.6 is 0 Å². The predicted molar refractivity (Wildman–Crippen MR) is 111 cm³/mol. The summed E-state index contributed by atoms with van der Waals surface area (Å²) in [7, 11) is -3.27. The number of carbonyl (C=O) groups is 1. The number of amides is 1. The monoisotopic (exact) mass is 427 g/mol. The SMILES string of the molecule is C[C@@H](NC(=O)c1nn(-c2ccc(F)cc2)c2c1CCC2)c1ccc(S(C)(=O)=O)cc1. The number of fused-ring (bicyclic) bond motifs is 1. The fourth-order valence-corrected chi connectivity index (χ4v) is 4.40. The molecule has 3 aromatic rings. The van der Waals surface area contributed by atoms with Crippen molar-refractivity contribution in [2.24, 2.45) is 0 Å². The van der Waals surface area contributed by atoms with Gasteiger partial charge in [0.1, 0.15) is 5.82 Å². The fraction of sp³-hybridized carbons (Fsp3) is 0.273. The highest BCUT2D eigenvalue weighted by molar-refractivity contribution is 7.90. The molecule has 6 nitrogen and oxygen atoms in total. The summed E-state index contributed by atoms with van der Waals surface area (Å²) in [6.45, 7) is 1.84. The van der Waals surface area contributed by atoms with Gasteiger partial charge in [0.15, 0.2) is 15.5 Å². The number of hydrogen-bond donors (Lipinski definition) is 1. The Kier molecular flexibility index (Phi) is 5.19. The van der Waals surface area contributed by atoms with Gasteiger partial charge in [0.2, 0.25) is 0 Å². The van der Waals surface area contributed by atoms with E-state index >= 15 is 0 Å². The Hall–Kier alpha value is -3.00. The molecule has 0 unspecified atom stereocenters. The smallest absolute Gasteiger partial charge is 0.272 e. The van der Waals surface area contributed by atoms with Crippen LogP contribution in [-0.4, -0.2) is 30.4 Å². The Bertz CT molecular complexity index is 1200. The van der Waals surface area contributed by atoms with E-state index in [-0.39, 0.29) is 22.7 Å². The minimum atomic E-state index is -3.27. The molecule has 4 rings (SSSR count). The molecule has 1 aliphatic rings. The molecule has 0 saturated heterocycles. The summed E-state index contributed by atoms with van der Waals surface area (Å²) in [5, 5.41) is 7.48. The minimum Gasteiger partial charge on any atom is -0.344 e. The zero-order chi connectivity index (χ0) is 21.5. The van der Waals surface area contributed by atoms with Crippen molar-refractivity contribution in [1.29, 1.82) is 0 Å². The number of aromatic nitrogens is 2. The Balaban J connectivity index is 1.58. The van der Waals surface area contributed by atoms with E-state index in [1.54, 1.807) is 28.9 Å². The van der Waals surface area contributed by atoms with E-state index in [0.29, 0.717) is 5.69 Å². The van der Waals surface area contributed by atoms with Gasteiger partial charge in [0.05, 0.1) is 16.6 Å². The predicted octanol–water partition coefficient (Wildman–Crippen LogP) is 3.39. The number of carbonyl (C=O) groups excluding carboxylic acids is 1. The molecule has 2 aromatic carbocycles. The second-order valence-corrected chi connectivity index (χ2v) is 9.57. The molecule has 1 aromatic heterocycles. The van der Waals surface area contributed by atoms with Crippen molar-refractivity contribution in [2.45, 2.75) is 37.1 Å². The van der Waals surface area contributed by atoms with Crippen LogP contribution in [0, 0.1) is 5.82 Å². The first-order valence-electron chi connectivity index (χ1n) is 9.71. The number of rotatable bonds is 5. The standard InChI is InChI=1S/C22H22FN3O3S/c1-14(15-6-12-18(13-7-15)30(2,28)29)24-22(27)21-19-4-3-5-20(19)26(25-21)17-10-8-16(23)9-11-17/h6-14H,3-5H2,1-2H3,(H,24,27)/t14-/m1/s1. The Labute approximate surface area is 174 Å². The van der Waals surface area contributed by atoms with Gasteiger partial charge >= 0.3 is 0 Å². The van der Waals surface area contributed by atoms with Crippen LogP contribution < -0.4 is 5.32 Å². The van der Waals surface area contributed by atoms with Crippen LogP contribution in [0.2, 0.25) is 0 Å². The zero-order valence-electron chi connectivity index (χ0n) is 16.7. The molecule has 30 heavy (non-hydrogen) atoms. The van der Waals surface area contributed by atoms with Crippen LogP contribution in [-0.2, 0) is 22.7 Å². The average molecular weight is 428 g/mol. The molecule has 1 N–H and O–H groups in total. The minimum absolute atomic E-state index is 0.237. The summed E-state index contributed by atoms with van der Waals surface area (Å²) in [4.78, 5) is 13.2. The molecule has 0 saturated carbocycles. The largest absolute Gasteiger partial charge is 0.344 e. The molecule has 0 fully saturated rings. The highest BCUT2D eigenvalue weighted by Gasteiger charge is 2.27. The van der Waals surface area contributed by atoms with Gasteiger partial charge < -0.3 is 5.32 Å². The normalized spacial score (nSPS) is 14.4. The lowest BCUT2D eigenvalue weighted by Crippen LogP contribution is -2.28. The molecule has 0 aliphatic heterocycles. The molecule has 0 bridgehead atoms. The van der Waals surface area contributed by atoms with Gasteiger partial charge in [-0.1, -0.05) is 12.1 Å². The van der Waals surface area contributed by atoms with Crippen LogP contribution in [0.3, 0.4) is 0 Å². The Morgan fingerprint density at radius 3 is 2.40 bits per heavy atom. The summed E-state index contributed by atoms with van der Waals surface area (Å²) < 4.78 is 38.2. The van der Waals surface area contributed by atoms with Gasteiger partial charge in [-0.05, 0) is 68.1 Å². The first kappa shape index (κ1) is 20.3. The lowest BCUT2D eigenvalue weighted by molar-refractivity contribution is 0.0933. The summed E-state index contributed by atoms with van der Waals surface area (Å²) in [5.41, 5.74) is 3.81. The van der Waals surface area contributed by atoms with Crippen molar-refractivity contribution in [1.82, 2.24) is 15.1 Å². The number of halogens is 1. The third-order valence-electron chi connectivity index (χ3n) is 5.37. The lowest BCUT2D eigenvalue weighted by Gasteiger charge is -2.14. The van der Waals surface area contributed by atoms with Gasteiger partial charge in [-0.25, -0.2) is 17.5 Å². The summed E-state index contributed by atoms with van der Waals surface area (Å²) in [6, 6.07) is 12.2. The maximum Gasteiger partial charge on any atom is 0.272 e. The molecule has 1 atom stereocenters. The molecular formula is C22H22FN3O3S. The van der Waals surface area contributed by atoms with E-state index < -0.39 is 9.84 Å². The first-order chi connectivity index (χ1) is 14.2. The van der Waals surface area contributed by atoms with E-state index in [0.717, 1.165) is 48.0 Å². The molecular weight excluding hydrogens is 405 g/mol. The number of benzene rings is 2. The third kappa shape index (κ3) is 3.87. The number of nitrogens with one attached hydrogen (secondary N) is 1. The van der Waals surface area contributed by atoms with E-state index in [9.17, 15) is 17.6 Å². The van der Waals surface area contributed by atoms with Gasteiger partial charge in [-0.2, -0.15) is 5.10 Å². The highest BCUT2D eigenvalue weighted by atomic mass is 32.2. The topological polar surface area (TPSA) is 81.1 Å². The van der Waals surface area contributed by atoms with Gasteiger partial charge in [-0.3, -0.25) is 4.79 Å². The van der Waals surface area contributed by atoms with Crippen LogP contribution in [0.4, 0.5) is 4.39 Å². The van der Waals surface area contributed by atoms with Gasteiger partial charge in [0, 0.05) is 17.5 Å². The molecule has 1 heterocycles. The maximum absolute atomic E-state index is 13.3. The Morgan fingerprint density at radius 2 is 1.77 bits per heavy atom. The number of hydrogen-bond acceptors (Lipinski definition) is 4. The summed E-state index contributed by atoms with van der Waals surface area (Å²) in [5.74, 6) is -0.607. The van der Waals surface area contributed by atoms with Crippen LogP contribution in [0.25, 0.3) is 5.69 Å². The van der Waals surface area contributed by atoms with Gasteiger partial charge in [-0.15, -0.1) is 0 Å². The summed E-state index contributed by atoms with van der Waals surface area (Å²) >= 11 is 0. The van der Waals surface area contributed by atoms with Crippen LogP contribution in [0.1, 0.15) is 46.7 Å². The van der Waals surface area contributed by atoms with E-state index in [1.165, 1.54) is 24.3 Å². The highest BCUT2D eigenvalue weighted by Crippen LogP contribution is 2.28. The average Bonchev–Trinajstić information content (AvgIpc) is 3.31. The molecule has 8 heteroatoms. The van der Waals surface area contributed by atoms with Crippen molar-refractivity contribution in [3.63, 3.8) is 0 Å². The van der Waals surface area contributed by atoms with Crippen molar-refractivity contribution in [3.05, 3.63) is 76.9 Å². The van der Waals surface area contributed by atoms with Gasteiger partial charge in [0.25, 0.3) is 5.91 Å². The quantitative estimate of drug-likeness (QED) is 0.677. The van der Waals surface area contributed by atoms with Crippen molar-refractivity contribution < 1.29 is 17.6 Å². The Morgan fingerprint density at radius 1 is 1.10 bits per heavy atom. The second-order valence-electron chi connectivity index (χ2n) is 7.55. The van der Waals surface area contributed by atoms with E-state index in [4.69, 9.17) is 0 Å². The fourth-order valence-electron chi connectivity index (χ4n) is 3.77. The molecule has 1 aliphatic carbocycles. The molecule has 0 radical (unpaired) electrons. The second kappa shape index (κ2) is 7.68. The van der Waals surface area contributed by atoms with Crippen molar-refractivity contribution in [3.8, 4) is 5.69 Å². The zero-order valence-corrected chi connectivity index (χ0v) is 17.5. The van der Waals surface area contributed by atoms with Crippen LogP contribution in [0.5, 0.6) is 0 Å². The third-order valence-corrected chi connectivity index (χ3v) is 6.50. The molecule has 0 spiro atoms. The van der Waals surface area contributed by atoms with E-state index in [2.05, 4.69) is 10.4 Å². The lowest BCUT2D eigenvalue weighted by atomic mass is 10.1. The number of nitrogens with zero attached hydrogens (tertiary/aromatic N) is 2. The number of sulfone groups is 1. The van der Waals surface area contributed by atoms with Crippen LogP contribution in [0.15, 0.2) is 53.4 Å². The molecule has 1 amide bonds. The van der Waals surface area contributed by atoms with E-state index in [1.807, 2.05) is 6.92 Å². The first-order valence-corrected chi connectivity index (χ1v) is 11.6.